The Balaban J connectivity index is 1.66. The highest BCUT2D eigenvalue weighted by molar-refractivity contribution is 5.75. The molecule has 0 spiro atoms. The van der Waals surface area contributed by atoms with Crippen molar-refractivity contribution in [2.45, 2.75) is 44.7 Å². The number of hydrogen-bond donors (Lipinski definition) is 0. The highest BCUT2D eigenvalue weighted by Crippen LogP contribution is 2.46. The molecule has 5 nitrogen and oxygen atoms in total. The summed E-state index contributed by atoms with van der Waals surface area (Å²) in [5.41, 5.74) is 1.34. The first-order valence-electron chi connectivity index (χ1n) is 10.1. The zero-order chi connectivity index (χ0) is 18.3. The van der Waals surface area contributed by atoms with E-state index in [9.17, 15) is 4.79 Å². The van der Waals surface area contributed by atoms with Crippen LogP contribution in [-0.4, -0.2) is 72.6 Å². The molecule has 5 rings (SSSR count). The van der Waals surface area contributed by atoms with Crippen LogP contribution in [0.1, 0.15) is 38.2 Å². The summed E-state index contributed by atoms with van der Waals surface area (Å²) >= 11 is 0. The van der Waals surface area contributed by atoms with E-state index in [4.69, 9.17) is 4.74 Å². The van der Waals surface area contributed by atoms with Crippen molar-refractivity contribution >= 4 is 6.03 Å². The number of nitrogens with zero attached hydrogens (tertiary/aromatic N) is 3. The summed E-state index contributed by atoms with van der Waals surface area (Å²) in [5, 5.41) is 0. The van der Waals surface area contributed by atoms with Crippen molar-refractivity contribution in [2.75, 3.05) is 39.8 Å². The van der Waals surface area contributed by atoms with Gasteiger partial charge in [0, 0.05) is 31.6 Å². The van der Waals surface area contributed by atoms with Crippen LogP contribution in [-0.2, 0) is 0 Å². The van der Waals surface area contributed by atoms with Crippen molar-refractivity contribution < 1.29 is 9.53 Å². The molecule has 4 aliphatic heterocycles. The Labute approximate surface area is 156 Å². The third kappa shape index (κ3) is 2.77. The fourth-order valence-electron chi connectivity index (χ4n) is 5.46. The van der Waals surface area contributed by atoms with Crippen molar-refractivity contribution in [3.8, 4) is 5.75 Å². The van der Waals surface area contributed by atoms with Crippen LogP contribution in [0.2, 0.25) is 0 Å². The third-order valence-electron chi connectivity index (χ3n) is 6.82. The molecule has 0 radical (unpaired) electrons. The number of piperidine rings is 3. The van der Waals surface area contributed by atoms with Gasteiger partial charge >= 0.3 is 6.03 Å². The van der Waals surface area contributed by atoms with E-state index in [1.807, 2.05) is 4.90 Å². The maximum absolute atomic E-state index is 13.2. The lowest BCUT2D eigenvalue weighted by molar-refractivity contribution is -0.000196. The normalized spacial score (nSPS) is 32.4. The van der Waals surface area contributed by atoms with Crippen molar-refractivity contribution in [3.05, 3.63) is 29.8 Å². The van der Waals surface area contributed by atoms with E-state index in [-0.39, 0.29) is 6.03 Å². The van der Waals surface area contributed by atoms with Gasteiger partial charge in [0.1, 0.15) is 5.75 Å². The minimum atomic E-state index is 0.231. The first-order valence-corrected chi connectivity index (χ1v) is 10.1. The number of hydrogen-bond acceptors (Lipinski definition) is 3. The number of carbonyl (C=O) groups is 1. The van der Waals surface area contributed by atoms with E-state index in [1.165, 1.54) is 31.5 Å². The number of urea groups is 1. The Hall–Kier alpha value is -1.75. The van der Waals surface area contributed by atoms with E-state index in [0.717, 1.165) is 25.4 Å². The van der Waals surface area contributed by atoms with Gasteiger partial charge in [-0.15, -0.1) is 0 Å². The van der Waals surface area contributed by atoms with Gasteiger partial charge in [0.25, 0.3) is 0 Å². The summed E-state index contributed by atoms with van der Waals surface area (Å²) in [4.78, 5) is 20.1. The summed E-state index contributed by atoms with van der Waals surface area (Å²) < 4.78 is 5.33. The number of ether oxygens (including phenoxy) is 1. The molecule has 26 heavy (non-hydrogen) atoms. The number of fused-ring (bicyclic) bond motifs is 2. The van der Waals surface area contributed by atoms with Crippen LogP contribution < -0.4 is 4.74 Å². The average Bonchev–Trinajstić information content (AvgIpc) is 3.12. The van der Waals surface area contributed by atoms with Crippen LogP contribution >= 0.6 is 0 Å². The van der Waals surface area contributed by atoms with Gasteiger partial charge in [-0.25, -0.2) is 4.79 Å². The van der Waals surface area contributed by atoms with Crippen LogP contribution in [0.5, 0.6) is 5.75 Å². The number of amides is 2. The van der Waals surface area contributed by atoms with Crippen molar-refractivity contribution in [1.29, 1.82) is 0 Å². The zero-order valence-corrected chi connectivity index (χ0v) is 16.2. The molecule has 4 fully saturated rings. The van der Waals surface area contributed by atoms with Gasteiger partial charge in [-0.3, -0.25) is 4.90 Å². The molecule has 0 unspecified atom stereocenters. The predicted octanol–water partition coefficient (Wildman–Crippen LogP) is 3.02. The van der Waals surface area contributed by atoms with E-state index in [0.29, 0.717) is 23.9 Å². The van der Waals surface area contributed by atoms with Crippen molar-refractivity contribution in [3.63, 3.8) is 0 Å². The molecule has 2 bridgehead atoms. The molecule has 1 aromatic carbocycles. The highest BCUT2D eigenvalue weighted by atomic mass is 16.5. The van der Waals surface area contributed by atoms with Gasteiger partial charge in [0.2, 0.25) is 0 Å². The lowest BCUT2D eigenvalue weighted by Crippen LogP contribution is -2.61. The summed E-state index contributed by atoms with van der Waals surface area (Å²) in [6.07, 6.45) is 2.47. The monoisotopic (exact) mass is 357 g/mol. The summed E-state index contributed by atoms with van der Waals surface area (Å²) in [6.45, 7) is 8.93. The fraction of sp³-hybridized carbons (Fsp3) is 0.667. The summed E-state index contributed by atoms with van der Waals surface area (Å²) in [7, 11) is 1.71. The number of likely N-dealkylation sites (tertiary alicyclic amines) is 1. The first-order chi connectivity index (χ1) is 12.7. The SMILES string of the molecule is CCN(CC)C(=O)N1C[C@@H](c2ccc(OC)cc2)[C@@H]2[C@H]1C1CCN2CC1. The maximum Gasteiger partial charge on any atom is 0.320 e. The van der Waals surface area contributed by atoms with E-state index in [2.05, 4.69) is 47.9 Å². The molecule has 4 heterocycles. The number of rotatable bonds is 4. The Bertz CT molecular complexity index is 635. The quantitative estimate of drug-likeness (QED) is 0.831. The number of methoxy groups -OCH3 is 1. The van der Waals surface area contributed by atoms with Crippen LogP contribution in [0.3, 0.4) is 0 Å². The standard InChI is InChI=1S/C21H31N3O2/c1-4-22(5-2)21(25)24-14-18(15-6-8-17(26-3)9-7-15)20-19(24)16-10-12-23(20)13-11-16/h6-9,16,18-20H,4-5,10-14H2,1-3H3/t18-,19+,20+/m0/s1. The molecule has 5 heteroatoms. The average molecular weight is 357 g/mol. The molecule has 4 aliphatic rings. The third-order valence-corrected chi connectivity index (χ3v) is 6.82. The molecule has 2 amide bonds. The van der Waals surface area contributed by atoms with Gasteiger partial charge in [0.05, 0.1) is 13.2 Å². The smallest absolute Gasteiger partial charge is 0.320 e. The molecule has 0 saturated carbocycles. The van der Waals surface area contributed by atoms with Gasteiger partial charge in [-0.05, 0) is 63.4 Å². The van der Waals surface area contributed by atoms with Crippen molar-refractivity contribution in [2.24, 2.45) is 5.92 Å². The molecule has 0 aromatic heterocycles. The summed E-state index contributed by atoms with van der Waals surface area (Å²) in [6, 6.07) is 9.55. The van der Waals surface area contributed by atoms with Crippen LogP contribution in [0, 0.1) is 5.92 Å². The largest absolute Gasteiger partial charge is 0.497 e. The van der Waals surface area contributed by atoms with Crippen LogP contribution in [0.25, 0.3) is 0 Å². The second-order valence-corrected chi connectivity index (χ2v) is 7.84. The Morgan fingerprint density at radius 3 is 2.35 bits per heavy atom. The number of carbonyl (C=O) groups excluding carboxylic acids is 1. The minimum Gasteiger partial charge on any atom is -0.497 e. The van der Waals surface area contributed by atoms with Gasteiger partial charge in [-0.2, -0.15) is 0 Å². The zero-order valence-electron chi connectivity index (χ0n) is 16.2. The lowest BCUT2D eigenvalue weighted by atomic mass is 9.75. The second kappa shape index (κ2) is 7.10. The van der Waals surface area contributed by atoms with Gasteiger partial charge in [-0.1, -0.05) is 12.1 Å². The van der Waals surface area contributed by atoms with E-state index < -0.39 is 0 Å². The Kier molecular flexibility index (Phi) is 4.82. The molecule has 0 aliphatic carbocycles. The molecule has 3 atom stereocenters. The minimum absolute atomic E-state index is 0.231. The van der Waals surface area contributed by atoms with E-state index >= 15 is 0 Å². The molecular formula is C21H31N3O2. The molecule has 1 aromatic rings. The van der Waals surface area contributed by atoms with E-state index in [1.54, 1.807) is 7.11 Å². The summed E-state index contributed by atoms with van der Waals surface area (Å²) in [5.74, 6) is 1.95. The predicted molar refractivity (Wildman–Crippen MR) is 103 cm³/mol. The maximum atomic E-state index is 13.2. The molecule has 0 N–H and O–H groups in total. The topological polar surface area (TPSA) is 36.0 Å². The second-order valence-electron chi connectivity index (χ2n) is 7.84. The number of benzene rings is 1. The fourth-order valence-corrected chi connectivity index (χ4v) is 5.46. The van der Waals surface area contributed by atoms with Crippen molar-refractivity contribution in [1.82, 2.24) is 14.7 Å². The Morgan fingerprint density at radius 1 is 1.12 bits per heavy atom. The first kappa shape index (κ1) is 17.7. The van der Waals surface area contributed by atoms with Crippen LogP contribution in [0.15, 0.2) is 24.3 Å². The van der Waals surface area contributed by atoms with Crippen LogP contribution in [0.4, 0.5) is 4.79 Å². The lowest BCUT2D eigenvalue weighted by Gasteiger charge is -2.51. The Morgan fingerprint density at radius 2 is 1.77 bits per heavy atom. The molecule has 142 valence electrons. The molecular weight excluding hydrogens is 326 g/mol. The van der Waals surface area contributed by atoms with Gasteiger partial charge < -0.3 is 14.5 Å². The van der Waals surface area contributed by atoms with Gasteiger partial charge in [0.15, 0.2) is 0 Å². The molecule has 4 saturated heterocycles. The highest BCUT2D eigenvalue weighted by Gasteiger charge is 2.55.